The van der Waals surface area contributed by atoms with E-state index < -0.39 is 10.0 Å². The van der Waals surface area contributed by atoms with E-state index in [9.17, 15) is 8.42 Å². The Kier molecular flexibility index (Phi) is 5.11. The molecule has 1 aromatic carbocycles. The molecule has 0 unspecified atom stereocenters. The second-order valence-electron chi connectivity index (χ2n) is 2.82. The molecule has 1 rings (SSSR count). The fourth-order valence-corrected chi connectivity index (χ4v) is 3.49. The third-order valence-electron chi connectivity index (χ3n) is 1.72. The van der Waals surface area contributed by atoms with Gasteiger partial charge in [0, 0.05) is 16.8 Å². The monoisotopic (exact) mass is 309 g/mol. The molecule has 3 nitrogen and oxygen atoms in total. The van der Waals surface area contributed by atoms with Crippen LogP contribution in [-0.2, 0) is 10.0 Å². The van der Waals surface area contributed by atoms with E-state index in [1.54, 1.807) is 36.0 Å². The third-order valence-corrected chi connectivity index (χ3v) is 4.81. The van der Waals surface area contributed by atoms with Crippen molar-refractivity contribution in [2.45, 2.75) is 4.90 Å². The highest BCUT2D eigenvalue weighted by atomic mass is 79.9. The summed E-state index contributed by atoms with van der Waals surface area (Å²) in [6.07, 6.45) is 1.94. The number of sulfonamides is 1. The first kappa shape index (κ1) is 13.0. The molecule has 0 aromatic heterocycles. The Hall–Kier alpha value is -0.0400. The van der Waals surface area contributed by atoms with E-state index in [1.165, 1.54) is 0 Å². The fourth-order valence-electron chi connectivity index (χ4n) is 1.02. The van der Waals surface area contributed by atoms with Crippen molar-refractivity contribution in [3.05, 3.63) is 28.7 Å². The highest BCUT2D eigenvalue weighted by Gasteiger charge is 2.15. The van der Waals surface area contributed by atoms with Crippen LogP contribution in [0.2, 0.25) is 0 Å². The van der Waals surface area contributed by atoms with E-state index in [-0.39, 0.29) is 4.90 Å². The van der Waals surface area contributed by atoms with Gasteiger partial charge < -0.3 is 0 Å². The number of rotatable bonds is 5. The predicted molar refractivity (Wildman–Crippen MR) is 67.7 cm³/mol. The molecule has 0 aliphatic carbocycles. The summed E-state index contributed by atoms with van der Waals surface area (Å²) in [5.74, 6) is 0.768. The average Bonchev–Trinajstić information content (AvgIpc) is 2.18. The maximum atomic E-state index is 11.8. The lowest BCUT2D eigenvalue weighted by molar-refractivity contribution is 0.583. The van der Waals surface area contributed by atoms with Gasteiger partial charge in [0.1, 0.15) is 0 Å². The number of nitrogens with one attached hydrogen (secondary N) is 1. The summed E-state index contributed by atoms with van der Waals surface area (Å²) in [7, 11) is -3.37. The van der Waals surface area contributed by atoms with Crippen molar-refractivity contribution in [2.75, 3.05) is 18.6 Å². The van der Waals surface area contributed by atoms with Gasteiger partial charge in [-0.25, -0.2) is 13.1 Å². The summed E-state index contributed by atoms with van der Waals surface area (Å²) in [5, 5.41) is 0. The predicted octanol–water partition coefficient (Wildman–Crippen LogP) is 2.09. The zero-order chi connectivity index (χ0) is 11.3. The number of hydrogen-bond donors (Lipinski definition) is 1. The largest absolute Gasteiger partial charge is 0.241 e. The lowest BCUT2D eigenvalue weighted by Gasteiger charge is -2.07. The standard InChI is InChI=1S/C9H12BrNO2S2/c1-14-7-6-11-15(12,13)9-5-3-2-4-8(9)10/h2-5,11H,6-7H2,1H3. The summed E-state index contributed by atoms with van der Waals surface area (Å²) in [4.78, 5) is 0.283. The van der Waals surface area contributed by atoms with Crippen LogP contribution in [0.3, 0.4) is 0 Å². The molecule has 0 heterocycles. The molecule has 0 amide bonds. The van der Waals surface area contributed by atoms with Gasteiger partial charge in [-0.1, -0.05) is 12.1 Å². The van der Waals surface area contributed by atoms with E-state index in [0.717, 1.165) is 5.75 Å². The highest BCUT2D eigenvalue weighted by molar-refractivity contribution is 9.10. The maximum Gasteiger partial charge on any atom is 0.241 e. The Morgan fingerprint density at radius 1 is 1.40 bits per heavy atom. The molecule has 0 saturated carbocycles. The minimum atomic E-state index is -3.37. The molecule has 0 fully saturated rings. The van der Waals surface area contributed by atoms with Crippen LogP contribution in [0.15, 0.2) is 33.6 Å². The first-order valence-electron chi connectivity index (χ1n) is 4.31. The topological polar surface area (TPSA) is 46.2 Å². The SMILES string of the molecule is CSCCNS(=O)(=O)c1ccccc1Br. The molecule has 0 atom stereocenters. The third kappa shape index (κ3) is 3.79. The Bertz CT molecular complexity index is 420. The molecule has 0 spiro atoms. The Morgan fingerprint density at radius 3 is 2.67 bits per heavy atom. The Balaban J connectivity index is 2.83. The normalized spacial score (nSPS) is 11.6. The second kappa shape index (κ2) is 5.89. The summed E-state index contributed by atoms with van der Waals surface area (Å²) < 4.78 is 26.7. The van der Waals surface area contributed by atoms with Crippen molar-refractivity contribution >= 4 is 37.7 Å². The van der Waals surface area contributed by atoms with Crippen molar-refractivity contribution in [1.29, 1.82) is 0 Å². The maximum absolute atomic E-state index is 11.8. The van der Waals surface area contributed by atoms with Gasteiger partial charge >= 0.3 is 0 Å². The second-order valence-corrected chi connectivity index (χ2v) is 6.40. The molecular weight excluding hydrogens is 298 g/mol. The van der Waals surface area contributed by atoms with Gasteiger partial charge in [-0.15, -0.1) is 0 Å². The number of thioether (sulfide) groups is 1. The molecule has 0 aliphatic heterocycles. The van der Waals surface area contributed by atoms with Crippen molar-refractivity contribution < 1.29 is 8.42 Å². The lowest BCUT2D eigenvalue weighted by Crippen LogP contribution is -2.26. The molecule has 0 radical (unpaired) electrons. The molecular formula is C9H12BrNO2S2. The molecule has 6 heteroatoms. The van der Waals surface area contributed by atoms with Crippen LogP contribution in [0.1, 0.15) is 0 Å². The van der Waals surface area contributed by atoms with E-state index in [0.29, 0.717) is 11.0 Å². The van der Waals surface area contributed by atoms with Crippen LogP contribution in [0.5, 0.6) is 0 Å². The smallest absolute Gasteiger partial charge is 0.210 e. The average molecular weight is 310 g/mol. The quantitative estimate of drug-likeness (QED) is 0.847. The summed E-state index contributed by atoms with van der Waals surface area (Å²) in [6, 6.07) is 6.77. The fraction of sp³-hybridized carbons (Fsp3) is 0.333. The van der Waals surface area contributed by atoms with Gasteiger partial charge in [-0.2, -0.15) is 11.8 Å². The summed E-state index contributed by atoms with van der Waals surface area (Å²) >= 11 is 4.82. The zero-order valence-corrected chi connectivity index (χ0v) is 11.5. The minimum absolute atomic E-state index is 0.283. The molecule has 0 aliphatic rings. The minimum Gasteiger partial charge on any atom is -0.210 e. The molecule has 84 valence electrons. The van der Waals surface area contributed by atoms with Gasteiger partial charge in [0.25, 0.3) is 0 Å². The van der Waals surface area contributed by atoms with Crippen molar-refractivity contribution in [3.63, 3.8) is 0 Å². The molecule has 0 saturated heterocycles. The Morgan fingerprint density at radius 2 is 2.07 bits per heavy atom. The number of hydrogen-bond acceptors (Lipinski definition) is 3. The van der Waals surface area contributed by atoms with Crippen LogP contribution in [0, 0.1) is 0 Å². The molecule has 1 aromatic rings. The van der Waals surface area contributed by atoms with Crippen molar-refractivity contribution in [3.8, 4) is 0 Å². The molecule has 0 bridgehead atoms. The summed E-state index contributed by atoms with van der Waals surface area (Å²) in [6.45, 7) is 0.449. The van der Waals surface area contributed by atoms with Crippen molar-refractivity contribution in [2.24, 2.45) is 0 Å². The van der Waals surface area contributed by atoms with Crippen LogP contribution < -0.4 is 4.72 Å². The first-order valence-corrected chi connectivity index (χ1v) is 7.98. The van der Waals surface area contributed by atoms with E-state index >= 15 is 0 Å². The van der Waals surface area contributed by atoms with Crippen molar-refractivity contribution in [1.82, 2.24) is 4.72 Å². The highest BCUT2D eigenvalue weighted by Crippen LogP contribution is 2.20. The van der Waals surface area contributed by atoms with Gasteiger partial charge in [-0.05, 0) is 34.3 Å². The van der Waals surface area contributed by atoms with Gasteiger partial charge in [0.05, 0.1) is 4.90 Å². The van der Waals surface area contributed by atoms with E-state index in [4.69, 9.17) is 0 Å². The van der Waals surface area contributed by atoms with Gasteiger partial charge in [0.15, 0.2) is 0 Å². The van der Waals surface area contributed by atoms with Crippen LogP contribution in [0.25, 0.3) is 0 Å². The van der Waals surface area contributed by atoms with Crippen LogP contribution in [0.4, 0.5) is 0 Å². The molecule has 1 N–H and O–H groups in total. The summed E-state index contributed by atoms with van der Waals surface area (Å²) in [5.41, 5.74) is 0. The van der Waals surface area contributed by atoms with Gasteiger partial charge in [0.2, 0.25) is 10.0 Å². The van der Waals surface area contributed by atoms with E-state index in [1.807, 2.05) is 6.26 Å². The van der Waals surface area contributed by atoms with Gasteiger partial charge in [-0.3, -0.25) is 0 Å². The lowest BCUT2D eigenvalue weighted by atomic mass is 10.4. The number of benzene rings is 1. The Labute approximate surface area is 103 Å². The van der Waals surface area contributed by atoms with Crippen LogP contribution >= 0.6 is 27.7 Å². The zero-order valence-electron chi connectivity index (χ0n) is 8.23. The van der Waals surface area contributed by atoms with Crippen LogP contribution in [-0.4, -0.2) is 27.0 Å². The van der Waals surface area contributed by atoms with E-state index in [2.05, 4.69) is 20.7 Å². The molecule has 15 heavy (non-hydrogen) atoms. The number of halogens is 1. The first-order chi connectivity index (χ1) is 7.08.